The topological polar surface area (TPSA) is 66.4 Å². The molecule has 0 saturated heterocycles. The first-order chi connectivity index (χ1) is 8.31. The lowest BCUT2D eigenvalue weighted by atomic mass is 9.82. The first-order valence-electron chi connectivity index (χ1n) is 5.83. The predicted molar refractivity (Wildman–Crippen MR) is 69.4 cm³/mol. The first kappa shape index (κ1) is 14.2. The van der Waals surface area contributed by atoms with Crippen LogP contribution in [0.1, 0.15) is 23.6 Å². The lowest BCUT2D eigenvalue weighted by Gasteiger charge is -2.23. The third-order valence-corrected chi connectivity index (χ3v) is 3.33. The number of amides is 1. The number of carboxylic acids is 1. The molecule has 0 aliphatic rings. The summed E-state index contributed by atoms with van der Waals surface area (Å²) in [5, 5.41) is 11.7. The van der Waals surface area contributed by atoms with E-state index < -0.39 is 17.3 Å². The van der Waals surface area contributed by atoms with E-state index >= 15 is 0 Å². The Kier molecular flexibility index (Phi) is 4.11. The van der Waals surface area contributed by atoms with Gasteiger partial charge < -0.3 is 10.4 Å². The molecular weight excluding hydrogens is 230 g/mol. The molecule has 1 aromatic carbocycles. The van der Waals surface area contributed by atoms with Crippen LogP contribution >= 0.6 is 0 Å². The van der Waals surface area contributed by atoms with Gasteiger partial charge in [-0.3, -0.25) is 9.59 Å². The molecule has 0 spiro atoms. The Morgan fingerprint density at radius 3 is 2.33 bits per heavy atom. The maximum atomic E-state index is 11.7. The van der Waals surface area contributed by atoms with E-state index in [4.69, 9.17) is 0 Å². The number of carboxylic acid groups (broad SMARTS) is 1. The molecule has 18 heavy (non-hydrogen) atoms. The smallest absolute Gasteiger partial charge is 0.319 e. The standard InChI is InChI=1S/C14H19NO3/c1-9-5-6-11(7-10(9)2)8-14(3,13(17)18)12(16)15-4/h5-7H,8H2,1-4H3,(H,15,16)(H,17,18). The summed E-state index contributed by atoms with van der Waals surface area (Å²) < 4.78 is 0. The molecule has 0 bridgehead atoms. The highest BCUT2D eigenvalue weighted by Gasteiger charge is 2.40. The van der Waals surface area contributed by atoms with Crippen molar-refractivity contribution in [2.24, 2.45) is 5.41 Å². The van der Waals surface area contributed by atoms with Crippen molar-refractivity contribution in [2.75, 3.05) is 7.05 Å². The summed E-state index contributed by atoms with van der Waals surface area (Å²) in [6, 6.07) is 5.74. The largest absolute Gasteiger partial charge is 0.480 e. The van der Waals surface area contributed by atoms with Crippen molar-refractivity contribution in [3.63, 3.8) is 0 Å². The van der Waals surface area contributed by atoms with Gasteiger partial charge in [-0.05, 0) is 43.9 Å². The number of nitrogens with one attached hydrogen (secondary N) is 1. The SMILES string of the molecule is CNC(=O)C(C)(Cc1ccc(C)c(C)c1)C(=O)O. The average Bonchev–Trinajstić information content (AvgIpc) is 2.32. The van der Waals surface area contributed by atoms with Crippen LogP contribution in [-0.2, 0) is 16.0 Å². The monoisotopic (exact) mass is 249 g/mol. The number of carbonyl (C=O) groups is 2. The van der Waals surface area contributed by atoms with E-state index in [2.05, 4.69) is 5.32 Å². The van der Waals surface area contributed by atoms with Crippen molar-refractivity contribution >= 4 is 11.9 Å². The van der Waals surface area contributed by atoms with Crippen LogP contribution in [-0.4, -0.2) is 24.0 Å². The van der Waals surface area contributed by atoms with Gasteiger partial charge in [-0.2, -0.15) is 0 Å². The molecular formula is C14H19NO3. The van der Waals surface area contributed by atoms with Crippen molar-refractivity contribution in [1.29, 1.82) is 0 Å². The van der Waals surface area contributed by atoms with Crippen molar-refractivity contribution in [1.82, 2.24) is 5.32 Å². The van der Waals surface area contributed by atoms with Crippen LogP contribution < -0.4 is 5.32 Å². The number of benzene rings is 1. The zero-order chi connectivity index (χ0) is 13.9. The third kappa shape index (κ3) is 2.70. The van der Waals surface area contributed by atoms with Crippen molar-refractivity contribution in [2.45, 2.75) is 27.2 Å². The molecule has 0 aliphatic heterocycles. The van der Waals surface area contributed by atoms with Crippen LogP contribution in [0.25, 0.3) is 0 Å². The summed E-state index contributed by atoms with van der Waals surface area (Å²) in [4.78, 5) is 23.1. The van der Waals surface area contributed by atoms with Gasteiger partial charge in [0.05, 0.1) is 0 Å². The van der Waals surface area contributed by atoms with Crippen molar-refractivity contribution in [3.8, 4) is 0 Å². The van der Waals surface area contributed by atoms with Crippen LogP contribution in [0.2, 0.25) is 0 Å². The molecule has 4 heteroatoms. The number of aryl methyl sites for hydroxylation is 2. The summed E-state index contributed by atoms with van der Waals surface area (Å²) in [6.45, 7) is 5.41. The molecule has 98 valence electrons. The number of carbonyl (C=O) groups excluding carboxylic acids is 1. The van der Waals surface area contributed by atoms with Gasteiger partial charge in [0.25, 0.3) is 0 Å². The number of hydrogen-bond donors (Lipinski definition) is 2. The number of hydrogen-bond acceptors (Lipinski definition) is 2. The quantitative estimate of drug-likeness (QED) is 0.798. The summed E-state index contributed by atoms with van der Waals surface area (Å²) in [5.41, 5.74) is 1.66. The summed E-state index contributed by atoms with van der Waals surface area (Å²) in [7, 11) is 1.45. The summed E-state index contributed by atoms with van der Waals surface area (Å²) in [5.74, 6) is -1.59. The van der Waals surface area contributed by atoms with E-state index in [9.17, 15) is 14.7 Å². The highest BCUT2D eigenvalue weighted by atomic mass is 16.4. The molecule has 0 fully saturated rings. The average molecular weight is 249 g/mol. The maximum Gasteiger partial charge on any atom is 0.319 e. The van der Waals surface area contributed by atoms with Gasteiger partial charge in [-0.25, -0.2) is 0 Å². The van der Waals surface area contributed by atoms with Gasteiger partial charge in [0.1, 0.15) is 5.41 Å². The minimum absolute atomic E-state index is 0.184. The molecule has 0 aliphatic carbocycles. The van der Waals surface area contributed by atoms with Crippen LogP contribution in [0.15, 0.2) is 18.2 Å². The lowest BCUT2D eigenvalue weighted by molar-refractivity contribution is -0.154. The second-order valence-electron chi connectivity index (χ2n) is 4.81. The Bertz CT molecular complexity index is 482. The fourth-order valence-corrected chi connectivity index (χ4v) is 1.85. The Morgan fingerprint density at radius 2 is 1.89 bits per heavy atom. The van der Waals surface area contributed by atoms with Crippen LogP contribution in [0.3, 0.4) is 0 Å². The molecule has 2 N–H and O–H groups in total. The molecule has 0 radical (unpaired) electrons. The van der Waals surface area contributed by atoms with E-state index in [1.54, 1.807) is 0 Å². The third-order valence-electron chi connectivity index (χ3n) is 3.33. The van der Waals surface area contributed by atoms with Gasteiger partial charge >= 0.3 is 5.97 Å². The minimum atomic E-state index is -1.43. The molecule has 1 atom stereocenters. The van der Waals surface area contributed by atoms with E-state index in [0.717, 1.165) is 16.7 Å². The molecule has 0 saturated carbocycles. The number of aliphatic carboxylic acids is 1. The molecule has 0 aromatic heterocycles. The summed E-state index contributed by atoms with van der Waals surface area (Å²) >= 11 is 0. The summed E-state index contributed by atoms with van der Waals surface area (Å²) in [6.07, 6.45) is 0.184. The Balaban J connectivity index is 3.08. The lowest BCUT2D eigenvalue weighted by Crippen LogP contribution is -2.44. The van der Waals surface area contributed by atoms with Gasteiger partial charge in [-0.1, -0.05) is 18.2 Å². The zero-order valence-electron chi connectivity index (χ0n) is 11.2. The highest BCUT2D eigenvalue weighted by Crippen LogP contribution is 2.24. The molecule has 4 nitrogen and oxygen atoms in total. The zero-order valence-corrected chi connectivity index (χ0v) is 11.2. The highest BCUT2D eigenvalue weighted by molar-refractivity contribution is 6.01. The molecule has 1 rings (SSSR count). The maximum absolute atomic E-state index is 11.7. The van der Waals surface area contributed by atoms with Crippen molar-refractivity contribution < 1.29 is 14.7 Å². The van der Waals surface area contributed by atoms with E-state index in [-0.39, 0.29) is 6.42 Å². The Morgan fingerprint density at radius 1 is 1.28 bits per heavy atom. The first-order valence-corrected chi connectivity index (χ1v) is 5.83. The van der Waals surface area contributed by atoms with Crippen LogP contribution in [0.5, 0.6) is 0 Å². The van der Waals surface area contributed by atoms with Gasteiger partial charge in [-0.15, -0.1) is 0 Å². The van der Waals surface area contributed by atoms with E-state index in [0.29, 0.717) is 0 Å². The second-order valence-corrected chi connectivity index (χ2v) is 4.81. The minimum Gasteiger partial charge on any atom is -0.480 e. The second kappa shape index (κ2) is 5.21. The van der Waals surface area contributed by atoms with Gasteiger partial charge in [0.2, 0.25) is 5.91 Å². The fourth-order valence-electron chi connectivity index (χ4n) is 1.85. The van der Waals surface area contributed by atoms with E-state index in [1.165, 1.54) is 14.0 Å². The van der Waals surface area contributed by atoms with Gasteiger partial charge in [0.15, 0.2) is 0 Å². The molecule has 0 heterocycles. The molecule has 1 aromatic rings. The Hall–Kier alpha value is -1.84. The van der Waals surface area contributed by atoms with Crippen LogP contribution in [0, 0.1) is 19.3 Å². The normalized spacial score (nSPS) is 13.8. The fraction of sp³-hybridized carbons (Fsp3) is 0.429. The Labute approximate surface area is 107 Å². The molecule has 1 amide bonds. The van der Waals surface area contributed by atoms with E-state index in [1.807, 2.05) is 32.0 Å². The van der Waals surface area contributed by atoms with Gasteiger partial charge in [0, 0.05) is 7.05 Å². The van der Waals surface area contributed by atoms with Crippen molar-refractivity contribution in [3.05, 3.63) is 34.9 Å². The predicted octanol–water partition coefficient (Wildman–Crippen LogP) is 1.68. The number of rotatable bonds is 4. The van der Waals surface area contributed by atoms with Crippen LogP contribution in [0.4, 0.5) is 0 Å². The molecule has 1 unspecified atom stereocenters.